The number of aromatic nitrogens is 3. The summed E-state index contributed by atoms with van der Waals surface area (Å²) in [7, 11) is 0. The highest BCUT2D eigenvalue weighted by molar-refractivity contribution is 5.96. The Hall–Kier alpha value is -3.54. The summed E-state index contributed by atoms with van der Waals surface area (Å²) in [4.78, 5) is 16.8. The first-order chi connectivity index (χ1) is 13.1. The SMILES string of the molecule is Cc1nn(CC(=O)Nc2ccccc2)c2nccc(-c3ccc(F)cc3)c12. The monoisotopic (exact) mass is 360 g/mol. The van der Waals surface area contributed by atoms with Gasteiger partial charge in [-0.05, 0) is 48.4 Å². The van der Waals surface area contributed by atoms with E-state index >= 15 is 0 Å². The highest BCUT2D eigenvalue weighted by atomic mass is 19.1. The topological polar surface area (TPSA) is 59.8 Å². The van der Waals surface area contributed by atoms with Crippen molar-refractivity contribution in [3.05, 3.63) is 78.4 Å². The van der Waals surface area contributed by atoms with Crippen molar-refractivity contribution >= 4 is 22.6 Å². The van der Waals surface area contributed by atoms with Crippen molar-refractivity contribution in [2.75, 3.05) is 5.32 Å². The van der Waals surface area contributed by atoms with E-state index in [0.717, 1.165) is 27.9 Å². The molecule has 2 aromatic heterocycles. The summed E-state index contributed by atoms with van der Waals surface area (Å²) in [5.41, 5.74) is 3.91. The fourth-order valence-electron chi connectivity index (χ4n) is 3.12. The van der Waals surface area contributed by atoms with Crippen LogP contribution in [0.1, 0.15) is 5.69 Å². The van der Waals surface area contributed by atoms with Crippen LogP contribution in [-0.2, 0) is 11.3 Å². The Morgan fingerprint density at radius 1 is 1.07 bits per heavy atom. The van der Waals surface area contributed by atoms with Gasteiger partial charge in [0.25, 0.3) is 0 Å². The molecule has 2 heterocycles. The van der Waals surface area contributed by atoms with Crippen molar-refractivity contribution in [2.45, 2.75) is 13.5 Å². The predicted molar refractivity (Wildman–Crippen MR) is 103 cm³/mol. The Morgan fingerprint density at radius 3 is 2.56 bits per heavy atom. The zero-order valence-corrected chi connectivity index (χ0v) is 14.7. The molecule has 5 nitrogen and oxygen atoms in total. The number of carbonyl (C=O) groups is 1. The maximum Gasteiger partial charge on any atom is 0.246 e. The number of hydrogen-bond donors (Lipinski definition) is 1. The molecule has 0 aliphatic heterocycles. The quantitative estimate of drug-likeness (QED) is 0.594. The number of halogens is 1. The first kappa shape index (κ1) is 16.9. The lowest BCUT2D eigenvalue weighted by Crippen LogP contribution is -2.19. The minimum atomic E-state index is -0.283. The highest BCUT2D eigenvalue weighted by Gasteiger charge is 2.16. The van der Waals surface area contributed by atoms with Crippen LogP contribution in [0.4, 0.5) is 10.1 Å². The number of pyridine rings is 1. The largest absolute Gasteiger partial charge is 0.324 e. The van der Waals surface area contributed by atoms with Crippen LogP contribution in [0.25, 0.3) is 22.2 Å². The van der Waals surface area contributed by atoms with Gasteiger partial charge in [0.05, 0.1) is 5.69 Å². The van der Waals surface area contributed by atoms with E-state index in [0.29, 0.717) is 5.65 Å². The first-order valence-corrected chi connectivity index (χ1v) is 8.55. The summed E-state index contributed by atoms with van der Waals surface area (Å²) in [6, 6.07) is 17.4. The van der Waals surface area contributed by atoms with Gasteiger partial charge >= 0.3 is 0 Å². The van der Waals surface area contributed by atoms with E-state index in [1.165, 1.54) is 12.1 Å². The van der Waals surface area contributed by atoms with E-state index in [1.54, 1.807) is 23.0 Å². The molecular weight excluding hydrogens is 343 g/mol. The van der Waals surface area contributed by atoms with Crippen molar-refractivity contribution < 1.29 is 9.18 Å². The molecule has 27 heavy (non-hydrogen) atoms. The van der Waals surface area contributed by atoms with Crippen LogP contribution in [0.3, 0.4) is 0 Å². The molecule has 4 aromatic rings. The number of rotatable bonds is 4. The lowest BCUT2D eigenvalue weighted by atomic mass is 10.0. The molecule has 4 rings (SSSR count). The van der Waals surface area contributed by atoms with Gasteiger partial charge < -0.3 is 5.32 Å². The molecule has 0 atom stereocenters. The van der Waals surface area contributed by atoms with E-state index in [2.05, 4.69) is 15.4 Å². The Morgan fingerprint density at radius 2 is 1.81 bits per heavy atom. The van der Waals surface area contributed by atoms with E-state index in [-0.39, 0.29) is 18.3 Å². The van der Waals surface area contributed by atoms with Gasteiger partial charge in [-0.3, -0.25) is 4.79 Å². The van der Waals surface area contributed by atoms with Crippen molar-refractivity contribution in [3.8, 4) is 11.1 Å². The van der Waals surface area contributed by atoms with Gasteiger partial charge in [-0.25, -0.2) is 14.1 Å². The average molecular weight is 360 g/mol. The maximum absolute atomic E-state index is 13.2. The zero-order chi connectivity index (χ0) is 18.8. The number of hydrogen-bond acceptors (Lipinski definition) is 3. The van der Waals surface area contributed by atoms with Crippen LogP contribution in [0.2, 0.25) is 0 Å². The number of benzene rings is 2. The Kier molecular flexibility index (Phi) is 4.38. The summed E-state index contributed by atoms with van der Waals surface area (Å²) in [6.45, 7) is 1.93. The lowest BCUT2D eigenvalue weighted by molar-refractivity contribution is -0.116. The second-order valence-electron chi connectivity index (χ2n) is 6.22. The summed E-state index contributed by atoms with van der Waals surface area (Å²) in [6.07, 6.45) is 1.67. The summed E-state index contributed by atoms with van der Waals surface area (Å²) < 4.78 is 14.8. The lowest BCUT2D eigenvalue weighted by Gasteiger charge is -2.07. The van der Waals surface area contributed by atoms with E-state index in [4.69, 9.17) is 0 Å². The summed E-state index contributed by atoms with van der Waals surface area (Å²) in [5.74, 6) is -0.464. The molecule has 6 heteroatoms. The van der Waals surface area contributed by atoms with E-state index in [9.17, 15) is 9.18 Å². The zero-order valence-electron chi connectivity index (χ0n) is 14.7. The molecule has 0 aliphatic rings. The van der Waals surface area contributed by atoms with Gasteiger partial charge in [-0.1, -0.05) is 30.3 Å². The number of amides is 1. The summed E-state index contributed by atoms with van der Waals surface area (Å²) >= 11 is 0. The van der Waals surface area contributed by atoms with Crippen molar-refractivity contribution in [1.29, 1.82) is 0 Å². The minimum Gasteiger partial charge on any atom is -0.324 e. The minimum absolute atomic E-state index is 0.0547. The van der Waals surface area contributed by atoms with Crippen LogP contribution in [0.15, 0.2) is 66.9 Å². The number of fused-ring (bicyclic) bond motifs is 1. The highest BCUT2D eigenvalue weighted by Crippen LogP contribution is 2.29. The molecule has 2 aromatic carbocycles. The Bertz CT molecular complexity index is 1100. The number of para-hydroxylation sites is 1. The van der Waals surface area contributed by atoms with Crippen LogP contribution in [-0.4, -0.2) is 20.7 Å². The number of carbonyl (C=O) groups excluding carboxylic acids is 1. The van der Waals surface area contributed by atoms with E-state index in [1.807, 2.05) is 43.3 Å². The van der Waals surface area contributed by atoms with Crippen LogP contribution in [0.5, 0.6) is 0 Å². The molecule has 0 saturated carbocycles. The molecule has 0 radical (unpaired) electrons. The number of nitrogens with zero attached hydrogens (tertiary/aromatic N) is 3. The van der Waals surface area contributed by atoms with Crippen LogP contribution >= 0.6 is 0 Å². The van der Waals surface area contributed by atoms with Crippen molar-refractivity contribution in [3.63, 3.8) is 0 Å². The van der Waals surface area contributed by atoms with Gasteiger partial charge in [-0.2, -0.15) is 5.10 Å². The number of nitrogens with one attached hydrogen (secondary N) is 1. The first-order valence-electron chi connectivity index (χ1n) is 8.55. The second-order valence-corrected chi connectivity index (χ2v) is 6.22. The maximum atomic E-state index is 13.2. The predicted octanol–water partition coefficient (Wildman–Crippen LogP) is 4.18. The normalized spacial score (nSPS) is 10.9. The summed E-state index contributed by atoms with van der Waals surface area (Å²) in [5, 5.41) is 8.20. The Balaban J connectivity index is 1.68. The van der Waals surface area contributed by atoms with Crippen LogP contribution in [0, 0.1) is 12.7 Å². The van der Waals surface area contributed by atoms with Gasteiger partial charge in [0.2, 0.25) is 5.91 Å². The molecule has 1 N–H and O–H groups in total. The second kappa shape index (κ2) is 6.99. The van der Waals surface area contributed by atoms with Gasteiger partial charge in [0.1, 0.15) is 12.4 Å². The molecule has 0 saturated heterocycles. The molecule has 1 amide bonds. The van der Waals surface area contributed by atoms with Gasteiger partial charge in [0.15, 0.2) is 5.65 Å². The van der Waals surface area contributed by atoms with Crippen molar-refractivity contribution in [2.24, 2.45) is 0 Å². The smallest absolute Gasteiger partial charge is 0.246 e. The van der Waals surface area contributed by atoms with Gasteiger partial charge in [0, 0.05) is 17.3 Å². The van der Waals surface area contributed by atoms with Crippen LogP contribution < -0.4 is 5.32 Å². The Labute approximate surface area is 155 Å². The molecule has 0 fully saturated rings. The number of aryl methyl sites for hydroxylation is 1. The third-order valence-corrected chi connectivity index (χ3v) is 4.31. The van der Waals surface area contributed by atoms with Gasteiger partial charge in [-0.15, -0.1) is 0 Å². The van der Waals surface area contributed by atoms with E-state index < -0.39 is 0 Å². The van der Waals surface area contributed by atoms with Crippen molar-refractivity contribution in [1.82, 2.24) is 14.8 Å². The molecule has 0 unspecified atom stereocenters. The fraction of sp³-hybridized carbons (Fsp3) is 0.0952. The third kappa shape index (κ3) is 3.42. The molecule has 0 spiro atoms. The molecule has 0 bridgehead atoms. The molecule has 134 valence electrons. The third-order valence-electron chi connectivity index (χ3n) is 4.31. The fourth-order valence-corrected chi connectivity index (χ4v) is 3.12. The average Bonchev–Trinajstić information content (AvgIpc) is 2.99. The standard InChI is InChI=1S/C21H17FN4O/c1-14-20-18(15-7-9-16(22)10-8-15)11-12-23-21(20)26(25-14)13-19(27)24-17-5-3-2-4-6-17/h2-12H,13H2,1H3,(H,24,27). The molecular formula is C21H17FN4O. The molecule has 0 aliphatic carbocycles. The number of anilines is 1.